The van der Waals surface area contributed by atoms with Crippen molar-refractivity contribution < 1.29 is 14.3 Å². The number of nitrogens with one attached hydrogen (secondary N) is 1. The summed E-state index contributed by atoms with van der Waals surface area (Å²) in [5, 5.41) is 2.83. The van der Waals surface area contributed by atoms with Crippen molar-refractivity contribution in [3.05, 3.63) is 65.7 Å². The Hall–Kier alpha value is -2.57. The predicted octanol–water partition coefficient (Wildman–Crippen LogP) is 2.42. The Morgan fingerprint density at radius 1 is 1.21 bits per heavy atom. The maximum Gasteiger partial charge on any atom is 0.245 e. The lowest BCUT2D eigenvalue weighted by atomic mass is 10.0. The monoisotopic (exact) mass is 403 g/mol. The normalized spacial score (nSPS) is 17.0. The zero-order valence-electron chi connectivity index (χ0n) is 15.8. The van der Waals surface area contributed by atoms with Gasteiger partial charge in [0, 0.05) is 25.6 Å². The zero-order chi connectivity index (χ0) is 19.2. The second-order valence-corrected chi connectivity index (χ2v) is 6.74. The maximum absolute atomic E-state index is 12.6. The van der Waals surface area contributed by atoms with Gasteiger partial charge in [0.25, 0.3) is 0 Å². The van der Waals surface area contributed by atoms with E-state index in [9.17, 15) is 9.59 Å². The molecular formula is C21H26ClN3O3. The van der Waals surface area contributed by atoms with Crippen molar-refractivity contribution in [2.75, 3.05) is 13.7 Å². The predicted molar refractivity (Wildman–Crippen MR) is 110 cm³/mol. The number of rotatable bonds is 7. The van der Waals surface area contributed by atoms with Crippen LogP contribution in [0.5, 0.6) is 5.75 Å². The van der Waals surface area contributed by atoms with E-state index < -0.39 is 6.04 Å². The van der Waals surface area contributed by atoms with Crippen LogP contribution < -0.4 is 15.8 Å². The lowest BCUT2D eigenvalue weighted by Crippen LogP contribution is -2.42. The Morgan fingerprint density at radius 2 is 1.89 bits per heavy atom. The molecule has 1 aliphatic heterocycles. The van der Waals surface area contributed by atoms with Gasteiger partial charge in [0.05, 0.1) is 7.11 Å². The minimum absolute atomic E-state index is 0. The van der Waals surface area contributed by atoms with Crippen molar-refractivity contribution in [2.24, 2.45) is 5.73 Å². The average Bonchev–Trinajstić information content (AvgIpc) is 3.02. The summed E-state index contributed by atoms with van der Waals surface area (Å²) in [6, 6.07) is 16.3. The fraction of sp³-hybridized carbons (Fsp3) is 0.333. The number of carbonyl (C=O) groups is 2. The molecule has 0 bridgehead atoms. The van der Waals surface area contributed by atoms with Crippen LogP contribution in [0.25, 0.3) is 0 Å². The van der Waals surface area contributed by atoms with Crippen LogP contribution in [0.4, 0.5) is 0 Å². The number of carbonyl (C=O) groups excluding carboxylic acids is 2. The molecular weight excluding hydrogens is 378 g/mol. The summed E-state index contributed by atoms with van der Waals surface area (Å²) in [7, 11) is 1.62. The smallest absolute Gasteiger partial charge is 0.245 e. The van der Waals surface area contributed by atoms with E-state index in [0.29, 0.717) is 19.5 Å². The first-order chi connectivity index (χ1) is 13.1. The van der Waals surface area contributed by atoms with Crippen molar-refractivity contribution >= 4 is 24.2 Å². The third-order valence-electron chi connectivity index (χ3n) is 4.80. The first-order valence-electron chi connectivity index (χ1n) is 9.08. The largest absolute Gasteiger partial charge is 0.497 e. The van der Waals surface area contributed by atoms with Crippen molar-refractivity contribution in [1.82, 2.24) is 10.2 Å². The van der Waals surface area contributed by atoms with Gasteiger partial charge >= 0.3 is 0 Å². The van der Waals surface area contributed by atoms with E-state index in [2.05, 4.69) is 5.32 Å². The summed E-state index contributed by atoms with van der Waals surface area (Å²) in [5.41, 5.74) is 8.03. The molecule has 0 aromatic heterocycles. The fourth-order valence-corrected chi connectivity index (χ4v) is 3.25. The quantitative estimate of drug-likeness (QED) is 0.743. The highest BCUT2D eigenvalue weighted by Gasteiger charge is 2.32. The van der Waals surface area contributed by atoms with Gasteiger partial charge in [-0.2, -0.15) is 0 Å². The molecule has 3 N–H and O–H groups in total. The Balaban J connectivity index is 0.00000280. The number of methoxy groups -OCH3 is 1. The van der Waals surface area contributed by atoms with Crippen LogP contribution >= 0.6 is 12.4 Å². The van der Waals surface area contributed by atoms with Crippen molar-refractivity contribution in [2.45, 2.75) is 31.5 Å². The van der Waals surface area contributed by atoms with E-state index in [1.54, 1.807) is 12.0 Å². The number of ether oxygens (including phenoxy) is 1. The highest BCUT2D eigenvalue weighted by Crippen LogP contribution is 2.19. The summed E-state index contributed by atoms with van der Waals surface area (Å²) in [5.74, 6) is 0.537. The molecule has 1 saturated heterocycles. The molecule has 1 heterocycles. The molecule has 2 atom stereocenters. The van der Waals surface area contributed by atoms with Gasteiger partial charge in [-0.05, 0) is 29.7 Å². The molecule has 2 aromatic rings. The standard InChI is InChI=1S/C21H25N3O3.ClH/c1-27-17-9-7-15(8-10-17)14-24-12-11-19(21(24)26)23-20(25)13-18(22)16-5-3-2-4-6-16;/h2-10,18-19H,11-14,22H2,1H3,(H,23,25);1H. The molecule has 2 unspecified atom stereocenters. The molecule has 6 nitrogen and oxygen atoms in total. The molecule has 150 valence electrons. The van der Waals surface area contributed by atoms with Crippen LogP contribution in [0.1, 0.15) is 30.0 Å². The molecule has 1 aliphatic rings. The highest BCUT2D eigenvalue weighted by atomic mass is 35.5. The van der Waals surface area contributed by atoms with Gasteiger partial charge in [-0.25, -0.2) is 0 Å². The number of likely N-dealkylation sites (tertiary alicyclic amines) is 1. The number of hydrogen-bond acceptors (Lipinski definition) is 4. The molecule has 7 heteroatoms. The van der Waals surface area contributed by atoms with Crippen LogP contribution in [0.3, 0.4) is 0 Å². The Labute approximate surface area is 171 Å². The number of halogens is 1. The Kier molecular flexibility index (Phi) is 7.84. The lowest BCUT2D eigenvalue weighted by Gasteiger charge is -2.18. The highest BCUT2D eigenvalue weighted by molar-refractivity contribution is 5.89. The minimum Gasteiger partial charge on any atom is -0.497 e. The Morgan fingerprint density at radius 3 is 2.54 bits per heavy atom. The van der Waals surface area contributed by atoms with Crippen LogP contribution in [-0.2, 0) is 16.1 Å². The van der Waals surface area contributed by atoms with Crippen LogP contribution in [-0.4, -0.2) is 36.4 Å². The van der Waals surface area contributed by atoms with Crippen LogP contribution in [0.15, 0.2) is 54.6 Å². The average molecular weight is 404 g/mol. The van der Waals surface area contributed by atoms with Crippen molar-refractivity contribution in [3.8, 4) is 5.75 Å². The third kappa shape index (κ3) is 5.47. The van der Waals surface area contributed by atoms with E-state index in [1.165, 1.54) is 0 Å². The summed E-state index contributed by atoms with van der Waals surface area (Å²) >= 11 is 0. The minimum atomic E-state index is -0.473. The second kappa shape index (κ2) is 10.1. The SMILES string of the molecule is COc1ccc(CN2CCC(NC(=O)CC(N)c3ccccc3)C2=O)cc1.Cl. The number of hydrogen-bond donors (Lipinski definition) is 2. The molecule has 28 heavy (non-hydrogen) atoms. The van der Waals surface area contributed by atoms with Gasteiger partial charge in [-0.3, -0.25) is 9.59 Å². The maximum atomic E-state index is 12.6. The molecule has 2 amide bonds. The first-order valence-corrected chi connectivity index (χ1v) is 9.08. The topological polar surface area (TPSA) is 84.7 Å². The number of nitrogens with two attached hydrogens (primary N) is 1. The number of benzene rings is 2. The summed E-state index contributed by atoms with van der Waals surface area (Å²) in [6.07, 6.45) is 0.771. The van der Waals surface area contributed by atoms with Gasteiger partial charge < -0.3 is 20.7 Å². The van der Waals surface area contributed by atoms with E-state index in [4.69, 9.17) is 10.5 Å². The van der Waals surface area contributed by atoms with Gasteiger partial charge in [-0.1, -0.05) is 42.5 Å². The summed E-state index contributed by atoms with van der Waals surface area (Å²) in [4.78, 5) is 26.6. The molecule has 0 saturated carbocycles. The number of nitrogens with zero attached hydrogens (tertiary/aromatic N) is 1. The third-order valence-corrected chi connectivity index (χ3v) is 4.80. The molecule has 0 aliphatic carbocycles. The molecule has 0 spiro atoms. The zero-order valence-corrected chi connectivity index (χ0v) is 16.7. The van der Waals surface area contributed by atoms with E-state index in [-0.39, 0.29) is 36.7 Å². The van der Waals surface area contributed by atoms with Crippen LogP contribution in [0.2, 0.25) is 0 Å². The first kappa shape index (κ1) is 21.7. The summed E-state index contributed by atoms with van der Waals surface area (Å²) < 4.78 is 5.15. The van der Waals surface area contributed by atoms with Crippen molar-refractivity contribution in [3.63, 3.8) is 0 Å². The number of amides is 2. The van der Waals surface area contributed by atoms with Gasteiger partial charge in [0.2, 0.25) is 11.8 Å². The van der Waals surface area contributed by atoms with E-state index in [0.717, 1.165) is 16.9 Å². The van der Waals surface area contributed by atoms with Crippen molar-refractivity contribution in [1.29, 1.82) is 0 Å². The molecule has 3 rings (SSSR count). The summed E-state index contributed by atoms with van der Waals surface area (Å²) in [6.45, 7) is 1.15. The Bertz CT molecular complexity index is 783. The van der Waals surface area contributed by atoms with Crippen LogP contribution in [0, 0.1) is 0 Å². The molecule has 2 aromatic carbocycles. The fourth-order valence-electron chi connectivity index (χ4n) is 3.25. The molecule has 0 radical (unpaired) electrons. The van der Waals surface area contributed by atoms with Gasteiger partial charge in [0.15, 0.2) is 0 Å². The van der Waals surface area contributed by atoms with Gasteiger partial charge in [0.1, 0.15) is 11.8 Å². The van der Waals surface area contributed by atoms with E-state index in [1.807, 2.05) is 54.6 Å². The lowest BCUT2D eigenvalue weighted by molar-refractivity contribution is -0.133. The second-order valence-electron chi connectivity index (χ2n) is 6.74. The van der Waals surface area contributed by atoms with Gasteiger partial charge in [-0.15, -0.1) is 12.4 Å². The molecule has 1 fully saturated rings. The van der Waals surface area contributed by atoms with E-state index >= 15 is 0 Å².